The van der Waals surface area contributed by atoms with E-state index in [-0.39, 0.29) is 11.8 Å². The summed E-state index contributed by atoms with van der Waals surface area (Å²) in [7, 11) is 0. The summed E-state index contributed by atoms with van der Waals surface area (Å²) in [5.74, 6) is -0.556. The lowest BCUT2D eigenvalue weighted by Gasteiger charge is -2.13. The van der Waals surface area contributed by atoms with E-state index >= 15 is 0 Å². The normalized spacial score (nSPS) is 11.3. The van der Waals surface area contributed by atoms with Crippen LogP contribution in [0.3, 0.4) is 0 Å². The van der Waals surface area contributed by atoms with Crippen molar-refractivity contribution < 1.29 is 9.59 Å². The monoisotopic (exact) mass is 313 g/mol. The van der Waals surface area contributed by atoms with Crippen molar-refractivity contribution in [2.75, 3.05) is 5.32 Å². The number of thiophene rings is 1. The molecule has 2 aromatic rings. The summed E-state index contributed by atoms with van der Waals surface area (Å²) in [6.07, 6.45) is 0.335. The van der Waals surface area contributed by atoms with Crippen molar-refractivity contribution >= 4 is 28.8 Å². The number of benzene rings is 1. The predicted octanol–water partition coefficient (Wildman–Crippen LogP) is 2.57. The van der Waals surface area contributed by atoms with E-state index in [9.17, 15) is 9.59 Å². The first-order valence-electron chi connectivity index (χ1n) is 6.71. The molecule has 0 spiro atoms. The van der Waals surface area contributed by atoms with Gasteiger partial charge >= 0.3 is 0 Å². The summed E-state index contributed by atoms with van der Waals surface area (Å²) in [6.45, 7) is 1.63. The summed E-state index contributed by atoms with van der Waals surface area (Å²) in [5.41, 5.74) is 1.52. The van der Waals surface area contributed by atoms with Crippen LogP contribution in [0.15, 0.2) is 41.8 Å². The van der Waals surface area contributed by atoms with Crippen LogP contribution in [0.2, 0.25) is 0 Å². The van der Waals surface area contributed by atoms with Gasteiger partial charge in [0.2, 0.25) is 5.91 Å². The van der Waals surface area contributed by atoms with Gasteiger partial charge in [-0.25, -0.2) is 0 Å². The van der Waals surface area contributed by atoms with Gasteiger partial charge in [-0.05, 0) is 36.1 Å². The van der Waals surface area contributed by atoms with E-state index in [4.69, 9.17) is 5.26 Å². The number of anilines is 1. The minimum atomic E-state index is -0.645. The van der Waals surface area contributed by atoms with Crippen LogP contribution in [-0.4, -0.2) is 17.9 Å². The van der Waals surface area contributed by atoms with Gasteiger partial charge < -0.3 is 10.6 Å². The summed E-state index contributed by atoms with van der Waals surface area (Å²) < 4.78 is 0. The van der Waals surface area contributed by atoms with E-state index in [0.717, 1.165) is 5.56 Å². The van der Waals surface area contributed by atoms with Gasteiger partial charge in [-0.15, -0.1) is 11.3 Å². The van der Waals surface area contributed by atoms with E-state index in [2.05, 4.69) is 16.7 Å². The topological polar surface area (TPSA) is 82.0 Å². The molecule has 2 N–H and O–H groups in total. The number of carbonyl (C=O) groups excluding carboxylic acids is 2. The van der Waals surface area contributed by atoms with Crippen molar-refractivity contribution in [1.29, 1.82) is 5.26 Å². The Morgan fingerprint density at radius 2 is 2.00 bits per heavy atom. The van der Waals surface area contributed by atoms with Crippen LogP contribution >= 0.6 is 11.3 Å². The lowest BCUT2D eigenvalue weighted by atomic mass is 10.1. The number of nitrogens with one attached hydrogen (secondary N) is 2. The van der Waals surface area contributed by atoms with Crippen molar-refractivity contribution in [3.63, 3.8) is 0 Å². The maximum Gasteiger partial charge on any atom is 0.261 e. The van der Waals surface area contributed by atoms with Crippen molar-refractivity contribution in [3.8, 4) is 6.07 Å². The molecule has 1 aromatic carbocycles. The number of nitriles is 1. The smallest absolute Gasteiger partial charge is 0.261 e. The predicted molar refractivity (Wildman–Crippen MR) is 85.6 cm³/mol. The molecule has 0 aliphatic rings. The molecule has 6 heteroatoms. The van der Waals surface area contributed by atoms with Crippen LogP contribution in [0.1, 0.15) is 22.2 Å². The van der Waals surface area contributed by atoms with Crippen molar-refractivity contribution in [2.45, 2.75) is 19.4 Å². The molecular formula is C16H15N3O2S. The number of hydrogen-bond acceptors (Lipinski definition) is 4. The molecule has 22 heavy (non-hydrogen) atoms. The molecule has 1 atom stereocenters. The van der Waals surface area contributed by atoms with E-state index in [0.29, 0.717) is 17.0 Å². The first kappa shape index (κ1) is 15.7. The van der Waals surface area contributed by atoms with Gasteiger partial charge in [0, 0.05) is 5.69 Å². The Kier molecular flexibility index (Phi) is 5.28. The molecule has 5 nitrogen and oxygen atoms in total. The zero-order chi connectivity index (χ0) is 15.9. The van der Waals surface area contributed by atoms with Gasteiger partial charge in [-0.3, -0.25) is 9.59 Å². The standard InChI is InChI=1S/C16H15N3O2S/c1-11(18-16(21)14-3-2-10-22-14)15(20)19-13-6-4-12(5-7-13)8-9-17/h2-7,10-11H,8H2,1H3,(H,18,21)(H,19,20). The molecular weight excluding hydrogens is 298 g/mol. The lowest BCUT2D eigenvalue weighted by molar-refractivity contribution is -0.117. The molecule has 0 bridgehead atoms. The quantitative estimate of drug-likeness (QED) is 0.890. The van der Waals surface area contributed by atoms with Crippen molar-refractivity contribution in [1.82, 2.24) is 5.32 Å². The molecule has 0 fully saturated rings. The average Bonchev–Trinajstić information content (AvgIpc) is 3.04. The number of hydrogen-bond donors (Lipinski definition) is 2. The molecule has 112 valence electrons. The van der Waals surface area contributed by atoms with Gasteiger partial charge in [0.05, 0.1) is 17.4 Å². The minimum absolute atomic E-state index is 0.262. The number of rotatable bonds is 5. The van der Waals surface area contributed by atoms with Crippen LogP contribution in [-0.2, 0) is 11.2 Å². The second-order valence-corrected chi connectivity index (χ2v) is 5.64. The Morgan fingerprint density at radius 3 is 2.59 bits per heavy atom. The van der Waals surface area contributed by atoms with E-state index in [1.54, 1.807) is 43.3 Å². The molecule has 0 aliphatic heterocycles. The third kappa shape index (κ3) is 4.17. The van der Waals surface area contributed by atoms with Crippen molar-refractivity contribution in [2.24, 2.45) is 0 Å². The lowest BCUT2D eigenvalue weighted by Crippen LogP contribution is -2.41. The van der Waals surface area contributed by atoms with Crippen LogP contribution < -0.4 is 10.6 Å². The fraction of sp³-hybridized carbons (Fsp3) is 0.188. The first-order chi connectivity index (χ1) is 10.6. The summed E-state index contributed by atoms with van der Waals surface area (Å²) >= 11 is 1.32. The zero-order valence-corrected chi connectivity index (χ0v) is 12.8. The van der Waals surface area contributed by atoms with Crippen LogP contribution in [0.5, 0.6) is 0 Å². The summed E-state index contributed by atoms with van der Waals surface area (Å²) in [4.78, 5) is 24.5. The van der Waals surface area contributed by atoms with Gasteiger partial charge in [0.15, 0.2) is 0 Å². The first-order valence-corrected chi connectivity index (χ1v) is 7.59. The summed E-state index contributed by atoms with van der Waals surface area (Å²) in [5, 5.41) is 15.8. The third-order valence-corrected chi connectivity index (χ3v) is 3.86. The molecule has 1 aromatic heterocycles. The third-order valence-electron chi connectivity index (χ3n) is 2.99. The number of amides is 2. The average molecular weight is 313 g/mol. The van der Waals surface area contributed by atoms with Gasteiger partial charge in [-0.1, -0.05) is 18.2 Å². The van der Waals surface area contributed by atoms with Gasteiger partial charge in [0.25, 0.3) is 5.91 Å². The molecule has 0 aliphatic carbocycles. The van der Waals surface area contributed by atoms with Crippen LogP contribution in [0.4, 0.5) is 5.69 Å². The molecule has 2 amide bonds. The van der Waals surface area contributed by atoms with E-state index < -0.39 is 6.04 Å². The van der Waals surface area contributed by atoms with Gasteiger partial charge in [-0.2, -0.15) is 5.26 Å². The fourth-order valence-electron chi connectivity index (χ4n) is 1.79. The largest absolute Gasteiger partial charge is 0.340 e. The fourth-order valence-corrected chi connectivity index (χ4v) is 2.42. The Balaban J connectivity index is 1.91. The second kappa shape index (κ2) is 7.38. The highest BCUT2D eigenvalue weighted by Gasteiger charge is 2.17. The highest BCUT2D eigenvalue weighted by molar-refractivity contribution is 7.12. The Hall–Kier alpha value is -2.65. The maximum atomic E-state index is 12.1. The minimum Gasteiger partial charge on any atom is -0.340 e. The highest BCUT2D eigenvalue weighted by Crippen LogP contribution is 2.11. The summed E-state index contributed by atoms with van der Waals surface area (Å²) in [6, 6.07) is 12.0. The molecule has 2 rings (SSSR count). The molecule has 0 saturated heterocycles. The Morgan fingerprint density at radius 1 is 1.27 bits per heavy atom. The van der Waals surface area contributed by atoms with Gasteiger partial charge in [0.1, 0.15) is 6.04 Å². The Labute approximate surface area is 132 Å². The molecule has 1 unspecified atom stereocenters. The maximum absolute atomic E-state index is 12.1. The van der Waals surface area contributed by atoms with Crippen molar-refractivity contribution in [3.05, 3.63) is 52.2 Å². The molecule has 0 saturated carbocycles. The number of nitrogens with zero attached hydrogens (tertiary/aromatic N) is 1. The van der Waals surface area contributed by atoms with Crippen LogP contribution in [0.25, 0.3) is 0 Å². The Bertz CT molecular complexity index is 687. The second-order valence-electron chi connectivity index (χ2n) is 4.69. The molecule has 0 radical (unpaired) electrons. The van der Waals surface area contributed by atoms with Crippen LogP contribution in [0, 0.1) is 11.3 Å². The van der Waals surface area contributed by atoms with E-state index in [1.807, 2.05) is 5.38 Å². The van der Waals surface area contributed by atoms with E-state index in [1.165, 1.54) is 11.3 Å². The molecule has 1 heterocycles. The number of carbonyl (C=O) groups is 2. The SMILES string of the molecule is CC(NC(=O)c1cccs1)C(=O)Nc1ccc(CC#N)cc1. The highest BCUT2D eigenvalue weighted by atomic mass is 32.1. The zero-order valence-electron chi connectivity index (χ0n) is 12.0.